The third-order valence-corrected chi connectivity index (χ3v) is 3.05. The predicted molar refractivity (Wildman–Crippen MR) is 92.5 cm³/mol. The third-order valence-electron chi connectivity index (χ3n) is 3.05. The first-order valence-electron chi connectivity index (χ1n) is 6.95. The molecule has 118 valence electrons. The quantitative estimate of drug-likeness (QED) is 0.771. The highest BCUT2D eigenvalue weighted by atomic mass is 35.5. The zero-order valence-electron chi connectivity index (χ0n) is 12.5. The molecule has 0 saturated heterocycles. The molecule has 5 heteroatoms. The van der Waals surface area contributed by atoms with Gasteiger partial charge in [-0.2, -0.15) is 0 Å². The van der Waals surface area contributed by atoms with Crippen LogP contribution < -0.4 is 10.6 Å². The van der Waals surface area contributed by atoms with Gasteiger partial charge in [0.05, 0.1) is 13.2 Å². The molecule has 0 spiro atoms. The summed E-state index contributed by atoms with van der Waals surface area (Å²) in [6, 6.07) is 17.8. The number of hydrogen-bond donors (Lipinski definition) is 2. The van der Waals surface area contributed by atoms with Crippen LogP contribution in [0.25, 0.3) is 11.1 Å². The molecule has 0 bridgehead atoms. The maximum atomic E-state index is 11.9. The van der Waals surface area contributed by atoms with Gasteiger partial charge in [0.2, 0.25) is 5.91 Å². The Morgan fingerprint density at radius 1 is 1.05 bits per heavy atom. The maximum Gasteiger partial charge on any atom is 0.238 e. The summed E-state index contributed by atoms with van der Waals surface area (Å²) < 4.78 is 4.92. The second kappa shape index (κ2) is 9.95. The molecule has 0 aromatic heterocycles. The van der Waals surface area contributed by atoms with Gasteiger partial charge in [0, 0.05) is 24.9 Å². The van der Waals surface area contributed by atoms with Gasteiger partial charge in [0.15, 0.2) is 0 Å². The van der Waals surface area contributed by atoms with E-state index >= 15 is 0 Å². The van der Waals surface area contributed by atoms with Crippen molar-refractivity contribution in [3.63, 3.8) is 0 Å². The summed E-state index contributed by atoms with van der Waals surface area (Å²) in [6.45, 7) is 1.52. The molecule has 0 aliphatic rings. The van der Waals surface area contributed by atoms with Crippen molar-refractivity contribution in [3.05, 3.63) is 54.6 Å². The highest BCUT2D eigenvalue weighted by Gasteiger charge is 2.07. The lowest BCUT2D eigenvalue weighted by Gasteiger charge is -2.11. The van der Waals surface area contributed by atoms with Crippen molar-refractivity contribution in [1.29, 1.82) is 0 Å². The van der Waals surface area contributed by atoms with Crippen LogP contribution in [0.15, 0.2) is 54.6 Å². The van der Waals surface area contributed by atoms with Crippen LogP contribution in [-0.4, -0.2) is 32.7 Å². The first-order chi connectivity index (χ1) is 10.3. The molecule has 1 amide bonds. The summed E-state index contributed by atoms with van der Waals surface area (Å²) in [6.07, 6.45) is 0. The first-order valence-corrected chi connectivity index (χ1v) is 6.95. The van der Waals surface area contributed by atoms with E-state index in [0.717, 1.165) is 16.8 Å². The topological polar surface area (TPSA) is 50.4 Å². The first kappa shape index (κ1) is 18.2. The fourth-order valence-electron chi connectivity index (χ4n) is 2.03. The van der Waals surface area contributed by atoms with Crippen molar-refractivity contribution in [2.24, 2.45) is 0 Å². The Hall–Kier alpha value is -1.88. The van der Waals surface area contributed by atoms with E-state index in [1.165, 1.54) is 0 Å². The van der Waals surface area contributed by atoms with Crippen molar-refractivity contribution < 1.29 is 9.53 Å². The molecule has 0 fully saturated rings. The second-order valence-electron chi connectivity index (χ2n) is 4.63. The minimum absolute atomic E-state index is 0. The van der Waals surface area contributed by atoms with Crippen molar-refractivity contribution in [3.8, 4) is 11.1 Å². The average Bonchev–Trinajstić information content (AvgIpc) is 2.53. The number of hydrogen-bond acceptors (Lipinski definition) is 3. The van der Waals surface area contributed by atoms with E-state index in [9.17, 15) is 4.79 Å². The number of carbonyl (C=O) groups excluding carboxylic acids is 1. The van der Waals surface area contributed by atoms with E-state index in [-0.39, 0.29) is 24.9 Å². The highest BCUT2D eigenvalue weighted by Crippen LogP contribution is 2.27. The molecule has 22 heavy (non-hydrogen) atoms. The fraction of sp³-hybridized carbons (Fsp3) is 0.235. The smallest absolute Gasteiger partial charge is 0.238 e. The minimum Gasteiger partial charge on any atom is -0.383 e. The number of nitrogens with one attached hydrogen (secondary N) is 2. The Bertz CT molecular complexity index is 576. The van der Waals surface area contributed by atoms with Crippen molar-refractivity contribution in [1.82, 2.24) is 5.32 Å². The Morgan fingerprint density at radius 3 is 2.45 bits per heavy atom. The summed E-state index contributed by atoms with van der Waals surface area (Å²) in [5, 5.41) is 5.97. The van der Waals surface area contributed by atoms with Gasteiger partial charge in [-0.1, -0.05) is 48.5 Å². The van der Waals surface area contributed by atoms with Crippen LogP contribution in [0.2, 0.25) is 0 Å². The molecule has 2 N–H and O–H groups in total. The molecule has 2 aromatic carbocycles. The number of halogens is 1. The van der Waals surface area contributed by atoms with Crippen molar-refractivity contribution in [2.45, 2.75) is 0 Å². The molecule has 0 saturated carbocycles. The molecular weight excluding hydrogens is 300 g/mol. The van der Waals surface area contributed by atoms with E-state index in [2.05, 4.69) is 10.6 Å². The lowest BCUT2D eigenvalue weighted by atomic mass is 10.0. The fourth-order valence-corrected chi connectivity index (χ4v) is 2.03. The molecule has 0 aliphatic heterocycles. The SMILES string of the molecule is COCCNCC(=O)Nc1ccccc1-c1ccccc1.Cl. The number of ether oxygens (including phenoxy) is 1. The number of amides is 1. The molecule has 0 radical (unpaired) electrons. The molecule has 4 nitrogen and oxygen atoms in total. The molecule has 0 heterocycles. The molecular formula is C17H21ClN2O2. The average molecular weight is 321 g/mol. The van der Waals surface area contributed by atoms with Crippen LogP contribution in [0.1, 0.15) is 0 Å². The maximum absolute atomic E-state index is 11.9. The van der Waals surface area contributed by atoms with Gasteiger partial charge < -0.3 is 15.4 Å². The van der Waals surface area contributed by atoms with E-state index in [1.54, 1.807) is 7.11 Å². The van der Waals surface area contributed by atoms with Gasteiger partial charge in [-0.05, 0) is 11.6 Å². The van der Waals surface area contributed by atoms with Gasteiger partial charge in [-0.15, -0.1) is 12.4 Å². The van der Waals surface area contributed by atoms with Crippen LogP contribution in [0.3, 0.4) is 0 Å². The van der Waals surface area contributed by atoms with Crippen LogP contribution in [0.5, 0.6) is 0 Å². The Morgan fingerprint density at radius 2 is 1.73 bits per heavy atom. The number of methoxy groups -OCH3 is 1. The van der Waals surface area contributed by atoms with E-state index in [0.29, 0.717) is 13.2 Å². The zero-order chi connectivity index (χ0) is 14.9. The molecule has 0 unspecified atom stereocenters. The van der Waals surface area contributed by atoms with Gasteiger partial charge in [-0.25, -0.2) is 0 Å². The number of para-hydroxylation sites is 1. The largest absolute Gasteiger partial charge is 0.383 e. The highest BCUT2D eigenvalue weighted by molar-refractivity contribution is 5.96. The number of rotatable bonds is 7. The van der Waals surface area contributed by atoms with Crippen LogP contribution in [0.4, 0.5) is 5.69 Å². The molecule has 0 aliphatic carbocycles. The standard InChI is InChI=1S/C17H20N2O2.ClH/c1-21-12-11-18-13-17(20)19-16-10-6-5-9-15(16)14-7-3-2-4-8-14;/h2-10,18H,11-13H2,1H3,(H,19,20);1H. The summed E-state index contributed by atoms with van der Waals surface area (Å²) >= 11 is 0. The predicted octanol–water partition coefficient (Wildman–Crippen LogP) is 2.95. The van der Waals surface area contributed by atoms with Crippen LogP contribution in [0, 0.1) is 0 Å². The van der Waals surface area contributed by atoms with Gasteiger partial charge in [0.1, 0.15) is 0 Å². The van der Waals surface area contributed by atoms with E-state index in [4.69, 9.17) is 4.74 Å². The van der Waals surface area contributed by atoms with E-state index < -0.39 is 0 Å². The molecule has 2 rings (SSSR count). The third kappa shape index (κ3) is 5.48. The summed E-state index contributed by atoms with van der Waals surface area (Å²) in [7, 11) is 1.64. The van der Waals surface area contributed by atoms with Crippen LogP contribution in [-0.2, 0) is 9.53 Å². The summed E-state index contributed by atoms with van der Waals surface area (Å²) in [4.78, 5) is 11.9. The van der Waals surface area contributed by atoms with Crippen molar-refractivity contribution >= 4 is 24.0 Å². The summed E-state index contributed by atoms with van der Waals surface area (Å²) in [5.41, 5.74) is 2.92. The second-order valence-corrected chi connectivity index (χ2v) is 4.63. The monoisotopic (exact) mass is 320 g/mol. The summed E-state index contributed by atoms with van der Waals surface area (Å²) in [5.74, 6) is -0.0607. The zero-order valence-corrected chi connectivity index (χ0v) is 13.4. The lowest BCUT2D eigenvalue weighted by molar-refractivity contribution is -0.115. The minimum atomic E-state index is -0.0607. The van der Waals surface area contributed by atoms with Crippen LogP contribution >= 0.6 is 12.4 Å². The normalized spacial score (nSPS) is 9.86. The van der Waals surface area contributed by atoms with Gasteiger partial charge in [0.25, 0.3) is 0 Å². The van der Waals surface area contributed by atoms with E-state index in [1.807, 2.05) is 54.6 Å². The number of benzene rings is 2. The van der Waals surface area contributed by atoms with Gasteiger partial charge >= 0.3 is 0 Å². The number of carbonyl (C=O) groups is 1. The Labute approximate surface area is 137 Å². The Balaban J connectivity index is 0.00000242. The van der Waals surface area contributed by atoms with Gasteiger partial charge in [-0.3, -0.25) is 4.79 Å². The number of anilines is 1. The Kier molecular flexibility index (Phi) is 8.22. The molecule has 2 aromatic rings. The molecule has 0 atom stereocenters. The van der Waals surface area contributed by atoms with Crippen molar-refractivity contribution in [2.75, 3.05) is 32.1 Å². The lowest BCUT2D eigenvalue weighted by Crippen LogP contribution is -2.30.